The standard InChI is InChI=1S/C15H32N2O3/c1-12(2)17-8-6-13(3)20-11-10-19-9-7-14(18)15(4,5)16/h12-13,17H,6-11,16H2,1-5H3. The Labute approximate surface area is 123 Å². The number of hydrogen-bond donors (Lipinski definition) is 2. The van der Waals surface area contributed by atoms with Crippen molar-refractivity contribution < 1.29 is 14.3 Å². The lowest BCUT2D eigenvalue weighted by atomic mass is 9.99. The van der Waals surface area contributed by atoms with Crippen LogP contribution in [-0.2, 0) is 14.3 Å². The van der Waals surface area contributed by atoms with Gasteiger partial charge in [0.2, 0.25) is 0 Å². The van der Waals surface area contributed by atoms with E-state index in [-0.39, 0.29) is 11.9 Å². The van der Waals surface area contributed by atoms with Crippen molar-refractivity contribution in [3.8, 4) is 0 Å². The van der Waals surface area contributed by atoms with Crippen LogP contribution < -0.4 is 11.1 Å². The highest BCUT2D eigenvalue weighted by molar-refractivity contribution is 5.87. The van der Waals surface area contributed by atoms with E-state index in [1.54, 1.807) is 13.8 Å². The molecule has 5 heteroatoms. The van der Waals surface area contributed by atoms with Crippen LogP contribution in [0.15, 0.2) is 0 Å². The van der Waals surface area contributed by atoms with Gasteiger partial charge in [-0.1, -0.05) is 13.8 Å². The van der Waals surface area contributed by atoms with E-state index in [1.807, 2.05) is 0 Å². The van der Waals surface area contributed by atoms with Gasteiger partial charge in [-0.15, -0.1) is 0 Å². The normalized spacial score (nSPS) is 13.8. The van der Waals surface area contributed by atoms with Gasteiger partial charge in [0.05, 0.1) is 31.5 Å². The molecule has 0 radical (unpaired) electrons. The highest BCUT2D eigenvalue weighted by atomic mass is 16.5. The molecule has 0 fully saturated rings. The Bertz CT molecular complexity index is 262. The molecular weight excluding hydrogens is 256 g/mol. The predicted molar refractivity (Wildman–Crippen MR) is 81.9 cm³/mol. The third-order valence-electron chi connectivity index (χ3n) is 2.93. The first-order valence-electron chi connectivity index (χ1n) is 7.48. The van der Waals surface area contributed by atoms with Gasteiger partial charge in [0.15, 0.2) is 5.78 Å². The highest BCUT2D eigenvalue weighted by Crippen LogP contribution is 2.02. The topological polar surface area (TPSA) is 73.6 Å². The molecule has 0 aromatic carbocycles. The van der Waals surface area contributed by atoms with Crippen LogP contribution in [0.1, 0.15) is 47.5 Å². The van der Waals surface area contributed by atoms with Crippen molar-refractivity contribution in [2.75, 3.05) is 26.4 Å². The molecule has 0 aliphatic heterocycles. The number of carbonyl (C=O) groups excluding carboxylic acids is 1. The molecule has 0 aliphatic carbocycles. The Morgan fingerprint density at radius 2 is 1.85 bits per heavy atom. The van der Waals surface area contributed by atoms with E-state index in [0.29, 0.717) is 32.3 Å². The molecule has 0 amide bonds. The zero-order valence-electron chi connectivity index (χ0n) is 13.7. The summed E-state index contributed by atoms with van der Waals surface area (Å²) in [6.45, 7) is 12.2. The van der Waals surface area contributed by atoms with E-state index in [0.717, 1.165) is 13.0 Å². The van der Waals surface area contributed by atoms with Crippen molar-refractivity contribution >= 4 is 5.78 Å². The van der Waals surface area contributed by atoms with Gasteiger partial charge in [-0.2, -0.15) is 0 Å². The maximum absolute atomic E-state index is 11.5. The first kappa shape index (κ1) is 19.5. The summed E-state index contributed by atoms with van der Waals surface area (Å²) >= 11 is 0. The first-order chi connectivity index (χ1) is 9.23. The number of hydrogen-bond acceptors (Lipinski definition) is 5. The van der Waals surface area contributed by atoms with Gasteiger partial charge in [0.25, 0.3) is 0 Å². The molecule has 0 spiro atoms. The SMILES string of the molecule is CC(C)NCCC(C)OCCOCCC(=O)C(C)(C)N. The maximum Gasteiger partial charge on any atom is 0.154 e. The Hall–Kier alpha value is -0.490. The quantitative estimate of drug-likeness (QED) is 0.532. The van der Waals surface area contributed by atoms with Crippen molar-refractivity contribution in [1.82, 2.24) is 5.32 Å². The Balaban J connectivity index is 3.42. The molecule has 5 nitrogen and oxygen atoms in total. The van der Waals surface area contributed by atoms with Crippen molar-refractivity contribution in [3.63, 3.8) is 0 Å². The number of ether oxygens (including phenoxy) is 2. The van der Waals surface area contributed by atoms with Crippen LogP contribution in [0.25, 0.3) is 0 Å². The van der Waals surface area contributed by atoms with E-state index in [2.05, 4.69) is 26.1 Å². The van der Waals surface area contributed by atoms with Crippen molar-refractivity contribution in [2.24, 2.45) is 5.73 Å². The monoisotopic (exact) mass is 288 g/mol. The molecule has 20 heavy (non-hydrogen) atoms. The van der Waals surface area contributed by atoms with Crippen molar-refractivity contribution in [1.29, 1.82) is 0 Å². The zero-order valence-corrected chi connectivity index (χ0v) is 13.7. The fourth-order valence-corrected chi connectivity index (χ4v) is 1.56. The third-order valence-corrected chi connectivity index (χ3v) is 2.93. The largest absolute Gasteiger partial charge is 0.379 e. The molecule has 0 bridgehead atoms. The van der Waals surface area contributed by atoms with Crippen LogP contribution in [0.4, 0.5) is 0 Å². The summed E-state index contributed by atoms with van der Waals surface area (Å²) in [5.74, 6) is 0.0200. The summed E-state index contributed by atoms with van der Waals surface area (Å²) in [7, 11) is 0. The second-order valence-electron chi connectivity index (χ2n) is 6.09. The van der Waals surface area contributed by atoms with E-state index >= 15 is 0 Å². The third kappa shape index (κ3) is 11.3. The van der Waals surface area contributed by atoms with Crippen LogP contribution in [0, 0.1) is 0 Å². The number of rotatable bonds is 12. The van der Waals surface area contributed by atoms with Crippen LogP contribution in [0.5, 0.6) is 0 Å². The minimum atomic E-state index is -0.766. The minimum Gasteiger partial charge on any atom is -0.379 e. The first-order valence-corrected chi connectivity index (χ1v) is 7.48. The number of carbonyl (C=O) groups is 1. The molecule has 0 saturated heterocycles. The summed E-state index contributed by atoms with van der Waals surface area (Å²) < 4.78 is 11.0. The van der Waals surface area contributed by atoms with Gasteiger partial charge in [-0.25, -0.2) is 0 Å². The molecule has 0 aromatic rings. The molecule has 0 rings (SSSR count). The second-order valence-corrected chi connectivity index (χ2v) is 6.09. The lowest BCUT2D eigenvalue weighted by molar-refractivity contribution is -0.124. The molecule has 3 N–H and O–H groups in total. The maximum atomic E-state index is 11.5. The minimum absolute atomic E-state index is 0.0200. The molecular formula is C15H32N2O3. The van der Waals surface area contributed by atoms with Gasteiger partial charge in [0.1, 0.15) is 0 Å². The number of nitrogens with two attached hydrogens (primary N) is 1. The fourth-order valence-electron chi connectivity index (χ4n) is 1.56. The zero-order chi connectivity index (χ0) is 15.6. The summed E-state index contributed by atoms with van der Waals surface area (Å²) in [5.41, 5.74) is 4.93. The molecule has 0 saturated carbocycles. The number of nitrogens with one attached hydrogen (secondary N) is 1. The van der Waals surface area contributed by atoms with Gasteiger partial charge in [-0.3, -0.25) is 4.79 Å². The summed E-state index contributed by atoms with van der Waals surface area (Å²) in [4.78, 5) is 11.5. The Morgan fingerprint density at radius 3 is 2.40 bits per heavy atom. The summed E-state index contributed by atoms with van der Waals surface area (Å²) in [5, 5.41) is 3.35. The average Bonchev–Trinajstić information content (AvgIpc) is 2.31. The Kier molecular flexibility index (Phi) is 10.0. The van der Waals surface area contributed by atoms with Crippen LogP contribution in [0.3, 0.4) is 0 Å². The van der Waals surface area contributed by atoms with E-state index < -0.39 is 5.54 Å². The summed E-state index contributed by atoms with van der Waals surface area (Å²) in [6, 6.07) is 0.509. The fraction of sp³-hybridized carbons (Fsp3) is 0.933. The smallest absolute Gasteiger partial charge is 0.154 e. The molecule has 0 heterocycles. The average molecular weight is 288 g/mol. The lowest BCUT2D eigenvalue weighted by Crippen LogP contribution is -2.41. The van der Waals surface area contributed by atoms with Crippen LogP contribution >= 0.6 is 0 Å². The molecule has 0 aromatic heterocycles. The van der Waals surface area contributed by atoms with E-state index in [1.165, 1.54) is 0 Å². The van der Waals surface area contributed by atoms with Gasteiger partial charge < -0.3 is 20.5 Å². The van der Waals surface area contributed by atoms with E-state index in [4.69, 9.17) is 15.2 Å². The molecule has 1 unspecified atom stereocenters. The molecule has 1 atom stereocenters. The van der Waals surface area contributed by atoms with Gasteiger partial charge in [-0.05, 0) is 33.7 Å². The second kappa shape index (κ2) is 10.3. The van der Waals surface area contributed by atoms with Crippen LogP contribution in [0.2, 0.25) is 0 Å². The van der Waals surface area contributed by atoms with Crippen molar-refractivity contribution in [3.05, 3.63) is 0 Å². The highest BCUT2D eigenvalue weighted by Gasteiger charge is 2.20. The van der Waals surface area contributed by atoms with Gasteiger partial charge in [0, 0.05) is 12.5 Å². The molecule has 0 aliphatic rings. The lowest BCUT2D eigenvalue weighted by Gasteiger charge is -2.17. The van der Waals surface area contributed by atoms with Gasteiger partial charge >= 0.3 is 0 Å². The van der Waals surface area contributed by atoms with E-state index in [9.17, 15) is 4.79 Å². The summed E-state index contributed by atoms with van der Waals surface area (Å²) in [6.07, 6.45) is 1.56. The van der Waals surface area contributed by atoms with Crippen LogP contribution in [-0.4, -0.2) is 49.8 Å². The number of ketones is 1. The molecule has 120 valence electrons. The van der Waals surface area contributed by atoms with Crippen molar-refractivity contribution in [2.45, 2.75) is 65.1 Å². The number of Topliss-reactive ketones (excluding diaryl/α,β-unsaturated/α-hetero) is 1. The Morgan fingerprint density at radius 1 is 1.20 bits per heavy atom. The predicted octanol–water partition coefficient (Wildman–Crippen LogP) is 1.49.